The molecular weight excluding hydrogens is 192 g/mol. The Morgan fingerprint density at radius 3 is 2.67 bits per heavy atom. The van der Waals surface area contributed by atoms with Crippen LogP contribution in [-0.4, -0.2) is 40.8 Å². The molecule has 0 aromatic carbocycles. The molecule has 86 valence electrons. The highest BCUT2D eigenvalue weighted by Crippen LogP contribution is 2.47. The highest BCUT2D eigenvalue weighted by Gasteiger charge is 2.57. The van der Waals surface area contributed by atoms with Gasteiger partial charge in [0.1, 0.15) is 0 Å². The molecule has 0 saturated carbocycles. The maximum atomic E-state index is 11.4. The fraction of sp³-hybridized carbons (Fsp3) is 0.909. The molecule has 15 heavy (non-hydrogen) atoms. The van der Waals surface area contributed by atoms with Crippen LogP contribution in [0.3, 0.4) is 0 Å². The number of hydrogen-bond donors (Lipinski definition) is 2. The standard InChI is InChI=1S/C11H20N2O2/c1-10(2,3)11-5-4-8(6-12-7-11)13(11)9(14)15/h8,12H,4-7H2,1-3H3,(H,14,15)/t8-,11-/m0/s1. The number of piperazine rings is 1. The van der Waals surface area contributed by atoms with Crippen LogP contribution in [0, 0.1) is 5.41 Å². The molecule has 2 saturated heterocycles. The molecule has 2 atom stereocenters. The number of rotatable bonds is 0. The smallest absolute Gasteiger partial charge is 0.408 e. The molecule has 2 fully saturated rings. The van der Waals surface area contributed by atoms with Crippen molar-refractivity contribution in [3.63, 3.8) is 0 Å². The van der Waals surface area contributed by atoms with Gasteiger partial charge >= 0.3 is 6.09 Å². The monoisotopic (exact) mass is 212 g/mol. The number of hydrogen-bond acceptors (Lipinski definition) is 2. The molecule has 0 unspecified atom stereocenters. The minimum atomic E-state index is -0.756. The van der Waals surface area contributed by atoms with Gasteiger partial charge in [-0.3, -0.25) is 4.90 Å². The lowest BCUT2D eigenvalue weighted by molar-refractivity contribution is -0.00326. The summed E-state index contributed by atoms with van der Waals surface area (Å²) >= 11 is 0. The Balaban J connectivity index is 2.40. The van der Waals surface area contributed by atoms with E-state index >= 15 is 0 Å². The van der Waals surface area contributed by atoms with Crippen LogP contribution in [0.5, 0.6) is 0 Å². The molecule has 2 aliphatic heterocycles. The lowest BCUT2D eigenvalue weighted by Gasteiger charge is -2.51. The lowest BCUT2D eigenvalue weighted by atomic mass is 9.71. The van der Waals surface area contributed by atoms with E-state index in [0.717, 1.165) is 25.9 Å². The van der Waals surface area contributed by atoms with Crippen LogP contribution in [0.15, 0.2) is 0 Å². The summed E-state index contributed by atoms with van der Waals surface area (Å²) in [6, 6.07) is 0.176. The van der Waals surface area contributed by atoms with E-state index in [2.05, 4.69) is 26.1 Å². The zero-order chi connectivity index (χ0) is 11.3. The van der Waals surface area contributed by atoms with Gasteiger partial charge in [0.2, 0.25) is 0 Å². The first-order chi connectivity index (χ1) is 6.88. The van der Waals surface area contributed by atoms with Gasteiger partial charge in [-0.15, -0.1) is 0 Å². The fourth-order valence-corrected chi connectivity index (χ4v) is 3.16. The normalized spacial score (nSPS) is 35.7. The largest absolute Gasteiger partial charge is 0.465 e. The van der Waals surface area contributed by atoms with E-state index in [1.807, 2.05) is 0 Å². The number of nitrogens with one attached hydrogen (secondary N) is 1. The van der Waals surface area contributed by atoms with Crippen LogP contribution in [0.25, 0.3) is 0 Å². The van der Waals surface area contributed by atoms with Gasteiger partial charge in [0.25, 0.3) is 0 Å². The van der Waals surface area contributed by atoms with Gasteiger partial charge in [-0.25, -0.2) is 4.79 Å². The molecule has 2 bridgehead atoms. The van der Waals surface area contributed by atoms with Crippen molar-refractivity contribution in [3.05, 3.63) is 0 Å². The van der Waals surface area contributed by atoms with Crippen molar-refractivity contribution >= 4 is 6.09 Å². The average Bonchev–Trinajstić information content (AvgIpc) is 2.34. The van der Waals surface area contributed by atoms with Gasteiger partial charge < -0.3 is 10.4 Å². The third-order valence-corrected chi connectivity index (χ3v) is 4.12. The molecule has 0 aliphatic carbocycles. The number of fused-ring (bicyclic) bond motifs is 2. The van der Waals surface area contributed by atoms with Crippen molar-refractivity contribution in [1.82, 2.24) is 10.2 Å². The van der Waals surface area contributed by atoms with Gasteiger partial charge in [-0.05, 0) is 18.3 Å². The molecular formula is C11H20N2O2. The summed E-state index contributed by atoms with van der Waals surface area (Å²) < 4.78 is 0. The maximum absolute atomic E-state index is 11.4. The molecule has 2 heterocycles. The second kappa shape index (κ2) is 3.11. The van der Waals surface area contributed by atoms with E-state index < -0.39 is 6.09 Å². The third-order valence-electron chi connectivity index (χ3n) is 4.12. The van der Waals surface area contributed by atoms with Crippen molar-refractivity contribution in [2.24, 2.45) is 5.41 Å². The van der Waals surface area contributed by atoms with Crippen LogP contribution in [0.2, 0.25) is 0 Å². The first-order valence-corrected chi connectivity index (χ1v) is 5.61. The molecule has 2 N–H and O–H groups in total. The van der Waals surface area contributed by atoms with Crippen LogP contribution < -0.4 is 5.32 Å². The second-order valence-corrected chi connectivity index (χ2v) is 5.76. The zero-order valence-electron chi connectivity index (χ0n) is 9.71. The van der Waals surface area contributed by atoms with Crippen LogP contribution in [0.4, 0.5) is 4.79 Å². The molecule has 2 aliphatic rings. The Labute approximate surface area is 90.6 Å². The van der Waals surface area contributed by atoms with Gasteiger partial charge in [-0.2, -0.15) is 0 Å². The number of carboxylic acid groups (broad SMARTS) is 1. The van der Waals surface area contributed by atoms with E-state index in [1.165, 1.54) is 0 Å². The Morgan fingerprint density at radius 1 is 1.53 bits per heavy atom. The van der Waals surface area contributed by atoms with Gasteiger partial charge in [0.05, 0.1) is 5.54 Å². The molecule has 0 aromatic rings. The first-order valence-electron chi connectivity index (χ1n) is 5.61. The quantitative estimate of drug-likeness (QED) is 0.640. The summed E-state index contributed by atoms with van der Waals surface area (Å²) in [7, 11) is 0. The van der Waals surface area contributed by atoms with Crippen molar-refractivity contribution in [2.75, 3.05) is 13.1 Å². The minimum absolute atomic E-state index is 0.00639. The molecule has 1 amide bonds. The van der Waals surface area contributed by atoms with E-state index in [9.17, 15) is 9.90 Å². The minimum Gasteiger partial charge on any atom is -0.465 e. The molecule has 4 heteroatoms. The SMILES string of the molecule is CC(C)(C)[C@]12CC[C@@H](CNC1)N2C(=O)O. The van der Waals surface area contributed by atoms with E-state index in [-0.39, 0.29) is 17.0 Å². The van der Waals surface area contributed by atoms with Crippen LogP contribution >= 0.6 is 0 Å². The predicted octanol–water partition coefficient (Wildman–Crippen LogP) is 1.52. The molecule has 0 spiro atoms. The topological polar surface area (TPSA) is 52.6 Å². The Bertz CT molecular complexity index is 281. The first kappa shape index (κ1) is 10.7. The fourth-order valence-electron chi connectivity index (χ4n) is 3.16. The molecule has 2 rings (SSSR count). The van der Waals surface area contributed by atoms with Crippen molar-refractivity contribution in [2.45, 2.75) is 45.2 Å². The number of amides is 1. The summed E-state index contributed by atoms with van der Waals surface area (Å²) in [6.45, 7) is 8.01. The molecule has 4 nitrogen and oxygen atoms in total. The Hall–Kier alpha value is -0.770. The van der Waals surface area contributed by atoms with Crippen molar-refractivity contribution in [1.29, 1.82) is 0 Å². The predicted molar refractivity (Wildman–Crippen MR) is 57.9 cm³/mol. The zero-order valence-corrected chi connectivity index (χ0v) is 9.71. The summed E-state index contributed by atoms with van der Waals surface area (Å²) in [4.78, 5) is 13.1. The van der Waals surface area contributed by atoms with Gasteiger partial charge in [0.15, 0.2) is 0 Å². The highest BCUT2D eigenvalue weighted by atomic mass is 16.4. The highest BCUT2D eigenvalue weighted by molar-refractivity contribution is 5.68. The van der Waals surface area contributed by atoms with E-state index in [1.54, 1.807) is 4.90 Å². The number of nitrogens with zero attached hydrogens (tertiary/aromatic N) is 1. The van der Waals surface area contributed by atoms with E-state index in [4.69, 9.17) is 0 Å². The molecule has 0 aromatic heterocycles. The second-order valence-electron chi connectivity index (χ2n) is 5.76. The Morgan fingerprint density at radius 2 is 2.20 bits per heavy atom. The lowest BCUT2D eigenvalue weighted by Crippen LogP contribution is -2.67. The average molecular weight is 212 g/mol. The summed E-state index contributed by atoms with van der Waals surface area (Å²) in [5.74, 6) is 0. The van der Waals surface area contributed by atoms with Crippen LogP contribution in [-0.2, 0) is 0 Å². The summed E-state index contributed by atoms with van der Waals surface area (Å²) in [6.07, 6.45) is 1.23. The summed E-state index contributed by atoms with van der Waals surface area (Å²) in [5.41, 5.74) is -0.213. The van der Waals surface area contributed by atoms with Crippen LogP contribution in [0.1, 0.15) is 33.6 Å². The van der Waals surface area contributed by atoms with Gasteiger partial charge in [0, 0.05) is 19.1 Å². The van der Waals surface area contributed by atoms with Crippen molar-refractivity contribution < 1.29 is 9.90 Å². The Kier molecular flexibility index (Phi) is 2.23. The van der Waals surface area contributed by atoms with Gasteiger partial charge in [-0.1, -0.05) is 20.8 Å². The van der Waals surface area contributed by atoms with E-state index in [0.29, 0.717) is 0 Å². The maximum Gasteiger partial charge on any atom is 0.408 e. The molecule has 0 radical (unpaired) electrons. The number of carbonyl (C=O) groups is 1. The summed E-state index contributed by atoms with van der Waals surface area (Å²) in [5, 5.41) is 12.7. The van der Waals surface area contributed by atoms with Crippen molar-refractivity contribution in [3.8, 4) is 0 Å². The third kappa shape index (κ3) is 1.34.